The molecule has 0 spiro atoms. The van der Waals surface area contributed by atoms with Crippen molar-refractivity contribution in [3.8, 4) is 5.88 Å². The number of aryl methyl sites for hydroxylation is 1. The van der Waals surface area contributed by atoms with Gasteiger partial charge in [-0.05, 0) is 25.5 Å². The number of pyridine rings is 1. The lowest BCUT2D eigenvalue weighted by Gasteiger charge is -2.09. The zero-order valence-electron chi connectivity index (χ0n) is 10.1. The van der Waals surface area contributed by atoms with Gasteiger partial charge in [0, 0.05) is 11.9 Å². The van der Waals surface area contributed by atoms with E-state index in [4.69, 9.17) is 0 Å². The van der Waals surface area contributed by atoms with Crippen LogP contribution in [-0.4, -0.2) is 19.6 Å². The van der Waals surface area contributed by atoms with Gasteiger partial charge in [-0.25, -0.2) is 4.79 Å². The van der Waals surface area contributed by atoms with Crippen LogP contribution in [0.2, 0.25) is 0 Å². The molecule has 2 heterocycles. The van der Waals surface area contributed by atoms with Crippen molar-refractivity contribution < 1.29 is 5.11 Å². The average molecular weight is 247 g/mol. The second-order valence-corrected chi connectivity index (χ2v) is 4.10. The van der Waals surface area contributed by atoms with Crippen molar-refractivity contribution in [2.75, 3.05) is 0 Å². The van der Waals surface area contributed by atoms with E-state index in [1.54, 1.807) is 6.20 Å². The summed E-state index contributed by atoms with van der Waals surface area (Å²) in [6.45, 7) is 3.48. The smallest absolute Gasteiger partial charge is 0.331 e. The molecule has 2 aromatic rings. The number of aromatic hydroxyl groups is 1. The van der Waals surface area contributed by atoms with Crippen molar-refractivity contribution in [3.05, 3.63) is 56.0 Å². The maximum atomic E-state index is 11.6. The molecule has 0 saturated heterocycles. The molecule has 0 aliphatic rings. The van der Waals surface area contributed by atoms with Crippen molar-refractivity contribution in [3.63, 3.8) is 0 Å². The topological polar surface area (TPSA) is 88.0 Å². The zero-order chi connectivity index (χ0) is 13.3. The Labute approximate surface area is 103 Å². The molecule has 0 radical (unpaired) electrons. The van der Waals surface area contributed by atoms with E-state index in [2.05, 4.69) is 9.97 Å². The summed E-state index contributed by atoms with van der Waals surface area (Å²) in [7, 11) is 0. The van der Waals surface area contributed by atoms with Crippen LogP contribution in [0.5, 0.6) is 5.88 Å². The van der Waals surface area contributed by atoms with Crippen LogP contribution in [0, 0.1) is 13.8 Å². The highest BCUT2D eigenvalue weighted by Gasteiger charge is 2.10. The highest BCUT2D eigenvalue weighted by molar-refractivity contribution is 5.22. The lowest BCUT2D eigenvalue weighted by atomic mass is 10.2. The Morgan fingerprint density at radius 3 is 2.67 bits per heavy atom. The lowest BCUT2D eigenvalue weighted by Crippen LogP contribution is -2.31. The summed E-state index contributed by atoms with van der Waals surface area (Å²) < 4.78 is 1.10. The number of hydrogen-bond acceptors (Lipinski definition) is 4. The summed E-state index contributed by atoms with van der Waals surface area (Å²) in [6, 6.07) is 3.63. The van der Waals surface area contributed by atoms with E-state index in [-0.39, 0.29) is 18.0 Å². The quantitative estimate of drug-likeness (QED) is 0.799. The fraction of sp³-hybridized carbons (Fsp3) is 0.250. The Morgan fingerprint density at radius 2 is 2.06 bits per heavy atom. The highest BCUT2D eigenvalue weighted by atomic mass is 16.3. The van der Waals surface area contributed by atoms with Crippen molar-refractivity contribution in [1.82, 2.24) is 14.5 Å². The molecule has 0 aliphatic heterocycles. The summed E-state index contributed by atoms with van der Waals surface area (Å²) >= 11 is 0. The van der Waals surface area contributed by atoms with Crippen LogP contribution in [0.1, 0.15) is 16.8 Å². The second kappa shape index (κ2) is 4.48. The number of aromatic amines is 1. The predicted molar refractivity (Wildman–Crippen MR) is 65.8 cm³/mol. The molecule has 0 fully saturated rings. The van der Waals surface area contributed by atoms with Gasteiger partial charge in [-0.3, -0.25) is 19.3 Å². The van der Waals surface area contributed by atoms with Crippen LogP contribution in [0.3, 0.4) is 0 Å². The first-order valence-corrected chi connectivity index (χ1v) is 5.43. The van der Waals surface area contributed by atoms with Gasteiger partial charge in [0.15, 0.2) is 0 Å². The van der Waals surface area contributed by atoms with E-state index < -0.39 is 11.2 Å². The molecule has 94 valence electrons. The predicted octanol–water partition coefficient (Wildman–Crippen LogP) is 0.302. The summed E-state index contributed by atoms with van der Waals surface area (Å²) in [4.78, 5) is 29.1. The normalized spacial score (nSPS) is 10.6. The first-order chi connectivity index (χ1) is 8.49. The SMILES string of the molecule is Cc1ccc(Cn2c(O)c(C)c(=O)[nH]c2=O)cn1. The van der Waals surface area contributed by atoms with E-state index in [1.165, 1.54) is 6.92 Å². The van der Waals surface area contributed by atoms with Crippen LogP contribution < -0.4 is 11.2 Å². The molecule has 0 aliphatic carbocycles. The van der Waals surface area contributed by atoms with Crippen LogP contribution in [0.4, 0.5) is 0 Å². The molecule has 2 aromatic heterocycles. The summed E-state index contributed by atoms with van der Waals surface area (Å²) in [6.07, 6.45) is 1.63. The van der Waals surface area contributed by atoms with Gasteiger partial charge < -0.3 is 5.11 Å². The number of nitrogens with one attached hydrogen (secondary N) is 1. The summed E-state index contributed by atoms with van der Waals surface area (Å²) in [5, 5.41) is 9.80. The van der Waals surface area contributed by atoms with Crippen molar-refractivity contribution in [2.24, 2.45) is 0 Å². The molecule has 0 amide bonds. The third-order valence-electron chi connectivity index (χ3n) is 2.71. The molecular formula is C12H13N3O3. The number of hydrogen-bond donors (Lipinski definition) is 2. The zero-order valence-corrected chi connectivity index (χ0v) is 10.1. The number of aromatic nitrogens is 3. The van der Waals surface area contributed by atoms with E-state index >= 15 is 0 Å². The average Bonchev–Trinajstić information content (AvgIpc) is 2.34. The van der Waals surface area contributed by atoms with Gasteiger partial charge in [-0.1, -0.05) is 6.07 Å². The van der Waals surface area contributed by atoms with E-state index in [0.717, 1.165) is 15.8 Å². The maximum absolute atomic E-state index is 11.6. The molecule has 0 bridgehead atoms. The highest BCUT2D eigenvalue weighted by Crippen LogP contribution is 2.10. The van der Waals surface area contributed by atoms with Gasteiger partial charge in [0.05, 0.1) is 12.1 Å². The molecule has 0 saturated carbocycles. The molecule has 0 unspecified atom stereocenters. The monoisotopic (exact) mass is 247 g/mol. The van der Waals surface area contributed by atoms with Gasteiger partial charge in [0.2, 0.25) is 5.88 Å². The molecule has 0 aromatic carbocycles. The van der Waals surface area contributed by atoms with Gasteiger partial charge in [-0.2, -0.15) is 0 Å². The Kier molecular flexibility index (Phi) is 3.01. The lowest BCUT2D eigenvalue weighted by molar-refractivity contribution is 0.404. The molecular weight excluding hydrogens is 234 g/mol. The molecule has 0 atom stereocenters. The standard InChI is InChI=1S/C12H13N3O3/c1-7-3-4-9(5-13-7)6-15-11(17)8(2)10(16)14-12(15)18/h3-5,17H,6H2,1-2H3,(H,14,16,18). The Balaban J connectivity index is 2.47. The minimum Gasteiger partial charge on any atom is -0.494 e. The van der Waals surface area contributed by atoms with Crippen LogP contribution in [0.25, 0.3) is 0 Å². The molecule has 6 nitrogen and oxygen atoms in total. The van der Waals surface area contributed by atoms with Crippen molar-refractivity contribution in [2.45, 2.75) is 20.4 Å². The van der Waals surface area contributed by atoms with E-state index in [0.29, 0.717) is 0 Å². The minimum atomic E-state index is -0.635. The summed E-state index contributed by atoms with van der Waals surface area (Å²) in [5.74, 6) is -0.315. The largest absolute Gasteiger partial charge is 0.494 e. The van der Waals surface area contributed by atoms with Gasteiger partial charge in [0.1, 0.15) is 0 Å². The third-order valence-corrected chi connectivity index (χ3v) is 2.71. The number of nitrogens with zero attached hydrogens (tertiary/aromatic N) is 2. The Hall–Kier alpha value is -2.37. The third kappa shape index (κ3) is 2.17. The molecule has 2 N–H and O–H groups in total. The second-order valence-electron chi connectivity index (χ2n) is 4.10. The van der Waals surface area contributed by atoms with Gasteiger partial charge >= 0.3 is 5.69 Å². The first kappa shape index (κ1) is 12.1. The van der Waals surface area contributed by atoms with E-state index in [1.807, 2.05) is 19.1 Å². The van der Waals surface area contributed by atoms with Crippen LogP contribution >= 0.6 is 0 Å². The first-order valence-electron chi connectivity index (χ1n) is 5.43. The molecule has 6 heteroatoms. The Morgan fingerprint density at radius 1 is 1.33 bits per heavy atom. The van der Waals surface area contributed by atoms with Gasteiger partial charge in [0.25, 0.3) is 5.56 Å². The van der Waals surface area contributed by atoms with Crippen molar-refractivity contribution in [1.29, 1.82) is 0 Å². The molecule has 18 heavy (non-hydrogen) atoms. The number of H-pyrrole nitrogens is 1. The van der Waals surface area contributed by atoms with Gasteiger partial charge in [-0.15, -0.1) is 0 Å². The van der Waals surface area contributed by atoms with E-state index in [9.17, 15) is 14.7 Å². The minimum absolute atomic E-state index is 0.120. The van der Waals surface area contributed by atoms with Crippen LogP contribution in [0.15, 0.2) is 27.9 Å². The van der Waals surface area contributed by atoms with Crippen molar-refractivity contribution >= 4 is 0 Å². The number of rotatable bonds is 2. The molecule has 2 rings (SSSR count). The fourth-order valence-electron chi connectivity index (χ4n) is 1.58. The maximum Gasteiger partial charge on any atom is 0.331 e. The fourth-order valence-corrected chi connectivity index (χ4v) is 1.58. The summed E-state index contributed by atoms with van der Waals surface area (Å²) in [5.41, 5.74) is 0.548. The Bertz CT molecular complexity index is 683. The van der Waals surface area contributed by atoms with Crippen LogP contribution in [-0.2, 0) is 6.54 Å².